The highest BCUT2D eigenvalue weighted by Crippen LogP contribution is 2.27. The highest BCUT2D eigenvalue weighted by atomic mass is 16.5. The molecule has 0 aliphatic heterocycles. The van der Waals surface area contributed by atoms with Gasteiger partial charge < -0.3 is 14.0 Å². The van der Waals surface area contributed by atoms with Crippen LogP contribution in [0.15, 0.2) is 60.8 Å². The van der Waals surface area contributed by atoms with Gasteiger partial charge in [0.2, 0.25) is 0 Å². The smallest absolute Gasteiger partial charge is 0.325 e. The number of unbranched alkanes of at least 4 members (excludes halogenated alkanes) is 3. The van der Waals surface area contributed by atoms with Gasteiger partial charge in [-0.25, -0.2) is 0 Å². The van der Waals surface area contributed by atoms with Crippen molar-refractivity contribution in [1.29, 1.82) is 0 Å². The average Bonchev–Trinajstić information content (AvgIpc) is 3.10. The molecule has 0 radical (unpaired) electrons. The molecule has 2 aromatic carbocycles. The third-order valence-electron chi connectivity index (χ3n) is 4.57. The maximum atomic E-state index is 12.1. The van der Waals surface area contributed by atoms with E-state index in [0.717, 1.165) is 35.1 Å². The third kappa shape index (κ3) is 5.36. The van der Waals surface area contributed by atoms with Gasteiger partial charge in [0.15, 0.2) is 0 Å². The summed E-state index contributed by atoms with van der Waals surface area (Å²) in [6.45, 7) is 3.41. The highest BCUT2D eigenvalue weighted by molar-refractivity contribution is 5.87. The van der Waals surface area contributed by atoms with E-state index in [1.54, 1.807) is 0 Å². The summed E-state index contributed by atoms with van der Waals surface area (Å²) in [4.78, 5) is 12.1. The van der Waals surface area contributed by atoms with Gasteiger partial charge in [0, 0.05) is 11.6 Å². The molecule has 0 saturated heterocycles. The normalized spacial score (nSPS) is 10.9. The molecule has 4 heteroatoms. The summed E-state index contributed by atoms with van der Waals surface area (Å²) in [5.74, 6) is 0.627. The number of aromatic nitrogens is 1. The van der Waals surface area contributed by atoms with E-state index in [4.69, 9.17) is 9.47 Å². The van der Waals surface area contributed by atoms with Gasteiger partial charge in [0.1, 0.15) is 18.9 Å². The number of fused-ring (bicyclic) bond motifs is 1. The number of hydrogen-bond acceptors (Lipinski definition) is 3. The van der Waals surface area contributed by atoms with Gasteiger partial charge in [-0.3, -0.25) is 4.79 Å². The van der Waals surface area contributed by atoms with Crippen LogP contribution in [0.3, 0.4) is 0 Å². The topological polar surface area (TPSA) is 40.5 Å². The first kappa shape index (κ1) is 19.0. The molecule has 3 rings (SSSR count). The number of benzene rings is 2. The number of carbonyl (C=O) groups excluding carboxylic acids is 1. The molecule has 0 fully saturated rings. The SMILES string of the molecule is CCCCCCOC(=O)Cn1ccc2c(OCc3ccccc3)cccc21. The fourth-order valence-electron chi connectivity index (χ4n) is 3.09. The summed E-state index contributed by atoms with van der Waals surface area (Å²) in [6.07, 6.45) is 6.32. The molecule has 1 heterocycles. The van der Waals surface area contributed by atoms with E-state index in [9.17, 15) is 4.79 Å². The van der Waals surface area contributed by atoms with Crippen molar-refractivity contribution in [1.82, 2.24) is 4.57 Å². The lowest BCUT2D eigenvalue weighted by Crippen LogP contribution is -2.13. The van der Waals surface area contributed by atoms with Gasteiger partial charge in [0.05, 0.1) is 12.1 Å². The molecule has 0 spiro atoms. The summed E-state index contributed by atoms with van der Waals surface area (Å²) >= 11 is 0. The Labute approximate surface area is 160 Å². The van der Waals surface area contributed by atoms with Crippen LogP contribution in [-0.4, -0.2) is 17.1 Å². The summed E-state index contributed by atoms with van der Waals surface area (Å²) in [5, 5.41) is 1.00. The molecule has 0 amide bonds. The number of esters is 1. The molecule has 0 atom stereocenters. The second-order valence-corrected chi connectivity index (χ2v) is 6.69. The molecular formula is C23H27NO3. The van der Waals surface area contributed by atoms with Crippen LogP contribution in [-0.2, 0) is 22.7 Å². The van der Waals surface area contributed by atoms with Crippen molar-refractivity contribution >= 4 is 16.9 Å². The van der Waals surface area contributed by atoms with Crippen LogP contribution in [0, 0.1) is 0 Å². The van der Waals surface area contributed by atoms with E-state index in [1.807, 2.05) is 65.4 Å². The molecule has 3 aromatic rings. The maximum absolute atomic E-state index is 12.1. The zero-order chi connectivity index (χ0) is 18.9. The van der Waals surface area contributed by atoms with Crippen LogP contribution in [0.25, 0.3) is 10.9 Å². The molecule has 1 aromatic heterocycles. The first-order chi connectivity index (χ1) is 13.3. The Kier molecular flexibility index (Phi) is 6.91. The van der Waals surface area contributed by atoms with E-state index < -0.39 is 0 Å². The van der Waals surface area contributed by atoms with Crippen LogP contribution < -0.4 is 4.74 Å². The quantitative estimate of drug-likeness (QED) is 0.359. The zero-order valence-corrected chi connectivity index (χ0v) is 15.9. The average molecular weight is 365 g/mol. The molecular weight excluding hydrogens is 338 g/mol. The van der Waals surface area contributed by atoms with Gasteiger partial charge in [-0.15, -0.1) is 0 Å². The van der Waals surface area contributed by atoms with E-state index >= 15 is 0 Å². The molecule has 0 aliphatic carbocycles. The number of rotatable bonds is 10. The first-order valence-corrected chi connectivity index (χ1v) is 9.68. The summed E-state index contributed by atoms with van der Waals surface area (Å²) in [7, 11) is 0. The molecule has 4 nitrogen and oxygen atoms in total. The second kappa shape index (κ2) is 9.81. The standard InChI is InChI=1S/C23H27NO3/c1-2-3-4-8-16-26-23(25)17-24-15-14-20-21(24)12-9-13-22(20)27-18-19-10-6-5-7-11-19/h5-7,9-15H,2-4,8,16-18H2,1H3. The lowest BCUT2D eigenvalue weighted by atomic mass is 10.2. The Morgan fingerprint density at radius 3 is 2.63 bits per heavy atom. The van der Waals surface area contributed by atoms with Gasteiger partial charge >= 0.3 is 5.97 Å². The summed E-state index contributed by atoms with van der Waals surface area (Å²) in [5.41, 5.74) is 2.10. The van der Waals surface area contributed by atoms with Crippen molar-refractivity contribution in [2.24, 2.45) is 0 Å². The third-order valence-corrected chi connectivity index (χ3v) is 4.57. The predicted octanol–water partition coefficient (Wildman–Crippen LogP) is 5.34. The second-order valence-electron chi connectivity index (χ2n) is 6.69. The Morgan fingerprint density at radius 1 is 0.963 bits per heavy atom. The van der Waals surface area contributed by atoms with Gasteiger partial charge in [0.25, 0.3) is 0 Å². The van der Waals surface area contributed by atoms with Gasteiger partial charge in [-0.1, -0.05) is 62.6 Å². The van der Waals surface area contributed by atoms with E-state index in [-0.39, 0.29) is 12.5 Å². The highest BCUT2D eigenvalue weighted by Gasteiger charge is 2.10. The molecule has 0 N–H and O–H groups in total. The van der Waals surface area contributed by atoms with Crippen molar-refractivity contribution in [3.05, 3.63) is 66.4 Å². The van der Waals surface area contributed by atoms with Crippen molar-refractivity contribution < 1.29 is 14.3 Å². The van der Waals surface area contributed by atoms with Crippen molar-refractivity contribution in [3.63, 3.8) is 0 Å². The number of carbonyl (C=O) groups is 1. The molecule has 0 bridgehead atoms. The largest absolute Gasteiger partial charge is 0.488 e. The van der Waals surface area contributed by atoms with Crippen molar-refractivity contribution in [2.75, 3.05) is 6.61 Å². The molecule has 142 valence electrons. The number of nitrogens with zero attached hydrogens (tertiary/aromatic N) is 1. The van der Waals surface area contributed by atoms with Crippen LogP contribution in [0.5, 0.6) is 5.75 Å². The van der Waals surface area contributed by atoms with Crippen molar-refractivity contribution in [2.45, 2.75) is 45.8 Å². The lowest BCUT2D eigenvalue weighted by molar-refractivity contribution is -0.144. The van der Waals surface area contributed by atoms with Crippen molar-refractivity contribution in [3.8, 4) is 5.75 Å². The number of ether oxygens (including phenoxy) is 2. The van der Waals surface area contributed by atoms with E-state index in [1.165, 1.54) is 12.8 Å². The molecule has 0 aliphatic rings. The van der Waals surface area contributed by atoms with Crippen LogP contribution >= 0.6 is 0 Å². The first-order valence-electron chi connectivity index (χ1n) is 9.68. The lowest BCUT2D eigenvalue weighted by Gasteiger charge is -2.09. The van der Waals surface area contributed by atoms with E-state index in [2.05, 4.69) is 6.92 Å². The fraction of sp³-hybridized carbons (Fsp3) is 0.348. The van der Waals surface area contributed by atoms with Crippen LogP contribution in [0.1, 0.15) is 38.2 Å². The number of hydrogen-bond donors (Lipinski definition) is 0. The molecule has 0 unspecified atom stereocenters. The summed E-state index contributed by atoms with van der Waals surface area (Å²) < 4.78 is 13.3. The fourth-order valence-corrected chi connectivity index (χ4v) is 3.09. The molecule has 0 saturated carbocycles. The minimum absolute atomic E-state index is 0.195. The minimum atomic E-state index is -0.195. The Bertz CT molecular complexity index is 854. The minimum Gasteiger partial charge on any atom is -0.488 e. The van der Waals surface area contributed by atoms with Crippen LogP contribution in [0.2, 0.25) is 0 Å². The zero-order valence-electron chi connectivity index (χ0n) is 15.9. The molecule has 27 heavy (non-hydrogen) atoms. The Balaban J connectivity index is 1.60. The van der Waals surface area contributed by atoms with E-state index in [0.29, 0.717) is 13.2 Å². The van der Waals surface area contributed by atoms with Crippen LogP contribution in [0.4, 0.5) is 0 Å². The summed E-state index contributed by atoms with van der Waals surface area (Å²) in [6, 6.07) is 18.0. The Morgan fingerprint density at radius 2 is 1.81 bits per heavy atom. The Hall–Kier alpha value is -2.75. The van der Waals surface area contributed by atoms with Gasteiger partial charge in [-0.2, -0.15) is 0 Å². The monoisotopic (exact) mass is 365 g/mol. The van der Waals surface area contributed by atoms with Gasteiger partial charge in [-0.05, 0) is 30.2 Å². The maximum Gasteiger partial charge on any atom is 0.325 e. The predicted molar refractivity (Wildman–Crippen MR) is 108 cm³/mol.